The fraction of sp³-hybridized carbons (Fsp3) is 0.500. The number of benzene rings is 4. The molecular weight excluding hydrogens is 952 g/mol. The van der Waals surface area contributed by atoms with E-state index in [0.29, 0.717) is 59.1 Å². The minimum absolute atomic E-state index is 0.00641. The summed E-state index contributed by atoms with van der Waals surface area (Å²) in [7, 11) is 1.51. The lowest BCUT2D eigenvalue weighted by Gasteiger charge is -2.59. The predicted molar refractivity (Wildman–Crippen MR) is 290 cm³/mol. The van der Waals surface area contributed by atoms with Gasteiger partial charge >= 0.3 is 6.09 Å². The van der Waals surface area contributed by atoms with Gasteiger partial charge in [-0.3, -0.25) is 9.69 Å². The molecule has 404 valence electrons. The Morgan fingerprint density at radius 2 is 1.53 bits per heavy atom. The number of carbonyl (C=O) groups is 2. The van der Waals surface area contributed by atoms with E-state index >= 15 is 4.79 Å². The van der Waals surface area contributed by atoms with E-state index in [4.69, 9.17) is 33.7 Å². The summed E-state index contributed by atoms with van der Waals surface area (Å²) < 4.78 is 47.4. The second-order valence-corrected chi connectivity index (χ2v) is 20.2. The van der Waals surface area contributed by atoms with E-state index in [1.54, 1.807) is 41.3 Å². The molecule has 0 aromatic heterocycles. The molecule has 75 heavy (non-hydrogen) atoms. The first-order valence-electron chi connectivity index (χ1n) is 27.5. The van der Waals surface area contributed by atoms with Crippen LogP contribution in [0.4, 0.5) is 9.18 Å². The van der Waals surface area contributed by atoms with Crippen molar-refractivity contribution < 1.29 is 52.7 Å². The number of oxime groups is 1. The Kier molecular flexibility index (Phi) is 22.2. The Labute approximate surface area is 443 Å². The van der Waals surface area contributed by atoms with Gasteiger partial charge in [0.2, 0.25) is 5.79 Å². The molecular formula is C62H79FN2O10. The van der Waals surface area contributed by atoms with Gasteiger partial charge in [0.05, 0.1) is 37.5 Å². The molecule has 4 aromatic carbocycles. The number of carbonyl (C=O) groups excluding carboxylic acids is 2. The quantitative estimate of drug-likeness (QED) is 0.0210. The maximum atomic E-state index is 15.1. The van der Waals surface area contributed by atoms with Crippen molar-refractivity contribution in [2.45, 2.75) is 147 Å². The lowest BCUT2D eigenvalue weighted by molar-refractivity contribution is -0.256. The smallest absolute Gasteiger partial charge is 0.410 e. The topological polar surface area (TPSA) is 146 Å². The third-order valence-corrected chi connectivity index (χ3v) is 15.1. The lowest BCUT2D eigenvalue weighted by Crippen LogP contribution is -2.70. The van der Waals surface area contributed by atoms with Gasteiger partial charge in [-0.2, -0.15) is 0 Å². The van der Waals surface area contributed by atoms with E-state index in [0.717, 1.165) is 67.9 Å². The van der Waals surface area contributed by atoms with Crippen LogP contribution < -0.4 is 14.2 Å². The second kappa shape index (κ2) is 29.3. The first-order chi connectivity index (χ1) is 36.8. The molecule has 2 N–H and O–H groups in total. The molecule has 0 spiro atoms. The molecule has 1 saturated carbocycles. The number of rotatable bonds is 32. The largest absolute Gasteiger partial charge is 0.496 e. The molecule has 0 radical (unpaired) electrons. The molecule has 0 saturated heterocycles. The number of fused-ring (bicyclic) bond motifs is 2. The van der Waals surface area contributed by atoms with Crippen LogP contribution in [0.15, 0.2) is 120 Å². The molecule has 6 atom stereocenters. The highest BCUT2D eigenvalue weighted by atomic mass is 19.1. The molecule has 2 aliphatic carbocycles. The SMILES string of the molecule is C=CCO[C@@]12Oc3ccc(Oc4ccc(OC)c(C=O)c4)cc3[C@H]3[C@H](CCCCO)[C@@H](CCCCO)C=C(C(=NOCc4ccccc4)C[C@@H]1N(Cc1ccc(F)cc1)C(=O)OCCCCCCCCCCCC)[C@H]32. The van der Waals surface area contributed by atoms with Gasteiger partial charge in [0.15, 0.2) is 6.29 Å². The van der Waals surface area contributed by atoms with Crippen LogP contribution in [0.5, 0.6) is 23.0 Å². The van der Waals surface area contributed by atoms with Crippen molar-refractivity contribution in [3.05, 3.63) is 143 Å². The third kappa shape index (κ3) is 14.9. The van der Waals surface area contributed by atoms with Crippen molar-refractivity contribution in [2.24, 2.45) is 22.9 Å². The summed E-state index contributed by atoms with van der Waals surface area (Å²) in [5.41, 5.74) is 4.35. The number of aldehydes is 1. The van der Waals surface area contributed by atoms with E-state index in [-0.39, 0.29) is 63.8 Å². The normalized spacial score (nSPS) is 21.0. The number of ether oxygens (including phenoxy) is 5. The van der Waals surface area contributed by atoms with Crippen LogP contribution in [-0.4, -0.2) is 78.6 Å². The molecule has 1 fully saturated rings. The highest BCUT2D eigenvalue weighted by molar-refractivity contribution is 6.03. The summed E-state index contributed by atoms with van der Waals surface area (Å²) in [5.74, 6) is -1.00. The Bertz CT molecular complexity index is 2480. The number of methoxy groups -OCH3 is 1. The van der Waals surface area contributed by atoms with Crippen LogP contribution in [0.25, 0.3) is 0 Å². The van der Waals surface area contributed by atoms with Crippen molar-refractivity contribution in [1.82, 2.24) is 4.90 Å². The van der Waals surface area contributed by atoms with E-state index in [1.807, 2.05) is 48.5 Å². The van der Waals surface area contributed by atoms with Crippen molar-refractivity contribution in [1.29, 1.82) is 0 Å². The van der Waals surface area contributed by atoms with E-state index in [9.17, 15) is 19.4 Å². The molecule has 3 aliphatic rings. The fourth-order valence-electron chi connectivity index (χ4n) is 11.4. The summed E-state index contributed by atoms with van der Waals surface area (Å²) >= 11 is 0. The maximum Gasteiger partial charge on any atom is 0.410 e. The molecule has 4 aromatic rings. The highest BCUT2D eigenvalue weighted by Crippen LogP contribution is 2.62. The zero-order valence-electron chi connectivity index (χ0n) is 44.2. The van der Waals surface area contributed by atoms with Gasteiger partial charge < -0.3 is 38.7 Å². The van der Waals surface area contributed by atoms with E-state index in [2.05, 4.69) is 19.6 Å². The van der Waals surface area contributed by atoms with Crippen LogP contribution in [0.3, 0.4) is 0 Å². The van der Waals surface area contributed by atoms with Crippen molar-refractivity contribution in [2.75, 3.05) is 33.5 Å². The molecule has 1 heterocycles. The number of aliphatic hydroxyl groups excluding tert-OH is 2. The molecule has 12 nitrogen and oxygen atoms in total. The molecule has 0 bridgehead atoms. The zero-order valence-corrected chi connectivity index (χ0v) is 44.2. The average Bonchev–Trinajstić information content (AvgIpc) is 3.46. The van der Waals surface area contributed by atoms with Gasteiger partial charge in [-0.15, -0.1) is 6.58 Å². The van der Waals surface area contributed by atoms with E-state index < -0.39 is 29.7 Å². The number of hydrogen-bond acceptors (Lipinski definition) is 11. The Morgan fingerprint density at radius 1 is 0.840 bits per heavy atom. The van der Waals surface area contributed by atoms with E-state index in [1.165, 1.54) is 57.8 Å². The minimum Gasteiger partial charge on any atom is -0.496 e. The van der Waals surface area contributed by atoms with Crippen molar-refractivity contribution in [3.8, 4) is 23.0 Å². The number of amides is 1. The van der Waals surface area contributed by atoms with Crippen molar-refractivity contribution >= 4 is 18.1 Å². The zero-order chi connectivity index (χ0) is 52.8. The first kappa shape index (κ1) is 56.7. The van der Waals surface area contributed by atoms with Gasteiger partial charge in [0.25, 0.3) is 0 Å². The number of allylic oxidation sites excluding steroid dienone is 1. The van der Waals surface area contributed by atoms with Gasteiger partial charge in [0.1, 0.15) is 41.5 Å². The predicted octanol–water partition coefficient (Wildman–Crippen LogP) is 13.8. The summed E-state index contributed by atoms with van der Waals surface area (Å²) in [5, 5.41) is 25.2. The number of halogens is 1. The van der Waals surface area contributed by atoms with Gasteiger partial charge in [-0.05, 0) is 109 Å². The summed E-state index contributed by atoms with van der Waals surface area (Å²) in [4.78, 5) is 35.2. The summed E-state index contributed by atoms with van der Waals surface area (Å²) in [6.07, 6.45) is 19.9. The number of hydrogen-bond donors (Lipinski definition) is 2. The van der Waals surface area contributed by atoms with Crippen LogP contribution >= 0.6 is 0 Å². The number of aliphatic hydroxyl groups is 2. The minimum atomic E-state index is -1.56. The lowest BCUT2D eigenvalue weighted by atomic mass is 9.55. The Morgan fingerprint density at radius 3 is 2.23 bits per heavy atom. The summed E-state index contributed by atoms with van der Waals surface area (Å²) in [6.45, 7) is 6.97. The molecule has 7 rings (SSSR count). The first-order valence-corrected chi connectivity index (χ1v) is 27.5. The van der Waals surface area contributed by atoms with Crippen LogP contribution in [0.2, 0.25) is 0 Å². The highest BCUT2D eigenvalue weighted by Gasteiger charge is 2.65. The van der Waals surface area contributed by atoms with Gasteiger partial charge in [-0.25, -0.2) is 9.18 Å². The van der Waals surface area contributed by atoms with Crippen LogP contribution in [-0.2, 0) is 27.5 Å². The standard InChI is InChI=1S/C62H79FN2O10/c1-4-6-7-8-9-10-11-12-13-21-37-71-61(69)65(42-45-26-28-49(63)29-27-45)58-41-55(64-73-44-46-22-15-14-16-23-46)53-39-47(24-17-19-34-66)52(25-18-20-35-67)59-54-40-51(74-50-30-32-56(70-3)48(38-50)43-68)31-33-57(54)75-62(58,60(53)59)72-36-5-2/h5,14-16,22-23,26-33,38-40,43,47,52,58-60,66-67H,2,4,6-13,17-21,24-25,34-37,41-42,44H2,1,3H3/t47-,52+,58-,59+,60+,62+/m0/s1. The number of unbranched alkanes of at least 4 members (excludes halogenated alkanes) is 11. The third-order valence-electron chi connectivity index (χ3n) is 15.1. The molecule has 0 unspecified atom stereocenters. The van der Waals surface area contributed by atoms with Crippen molar-refractivity contribution in [3.63, 3.8) is 0 Å². The summed E-state index contributed by atoms with van der Waals surface area (Å²) in [6, 6.07) is 25.9. The van der Waals surface area contributed by atoms with Gasteiger partial charge in [0, 0.05) is 37.7 Å². The molecule has 1 amide bonds. The fourth-order valence-corrected chi connectivity index (χ4v) is 11.4. The maximum absolute atomic E-state index is 15.1. The van der Waals surface area contributed by atoms with Gasteiger partial charge in [-0.1, -0.05) is 137 Å². The Hall–Kier alpha value is -6.02. The van der Waals surface area contributed by atoms with Crippen LogP contribution in [0, 0.1) is 23.6 Å². The Balaban J connectivity index is 1.35. The molecule has 13 heteroatoms. The second-order valence-electron chi connectivity index (χ2n) is 20.2. The molecule has 1 aliphatic heterocycles. The van der Waals surface area contributed by atoms with Crippen LogP contribution in [0.1, 0.15) is 149 Å². The monoisotopic (exact) mass is 1030 g/mol. The average molecular weight is 1030 g/mol. The number of nitrogens with zero attached hydrogens (tertiary/aromatic N) is 2.